The van der Waals surface area contributed by atoms with E-state index in [0.717, 1.165) is 5.56 Å². The van der Waals surface area contributed by atoms with Crippen molar-refractivity contribution in [3.8, 4) is 5.75 Å². The van der Waals surface area contributed by atoms with Crippen LogP contribution in [0.1, 0.15) is 37.4 Å². The molecule has 0 radical (unpaired) electrons. The second kappa shape index (κ2) is 10.4. The number of carbonyl (C=O) groups excluding carboxylic acids is 2. The Morgan fingerprint density at radius 2 is 1.83 bits per heavy atom. The normalized spacial score (nSPS) is 16.1. The van der Waals surface area contributed by atoms with E-state index in [-0.39, 0.29) is 12.5 Å². The second-order valence-electron chi connectivity index (χ2n) is 6.50. The molecule has 1 amide bonds. The van der Waals surface area contributed by atoms with Crippen molar-refractivity contribution in [1.29, 1.82) is 0 Å². The van der Waals surface area contributed by atoms with E-state index in [2.05, 4.69) is 0 Å². The number of nitrogens with zero attached hydrogens (tertiary/aromatic N) is 1. The molecule has 5 nitrogen and oxygen atoms in total. The molecule has 1 fully saturated rings. The third kappa shape index (κ3) is 4.91. The predicted octanol–water partition coefficient (Wildman–Crippen LogP) is 4.98. The van der Waals surface area contributed by atoms with Gasteiger partial charge in [-0.25, -0.2) is 4.79 Å². The van der Waals surface area contributed by atoms with Crippen molar-refractivity contribution in [2.45, 2.75) is 26.3 Å². The molecule has 0 spiro atoms. The molecule has 7 heteroatoms. The Morgan fingerprint density at radius 1 is 1.13 bits per heavy atom. The minimum absolute atomic E-state index is 0.286. The summed E-state index contributed by atoms with van der Waals surface area (Å²) in [7, 11) is 0. The first-order valence-corrected chi connectivity index (χ1v) is 11.0. The van der Waals surface area contributed by atoms with Crippen molar-refractivity contribution in [1.82, 2.24) is 4.90 Å². The summed E-state index contributed by atoms with van der Waals surface area (Å²) in [4.78, 5) is 27.9. The Hall–Kier alpha value is -2.64. The van der Waals surface area contributed by atoms with Gasteiger partial charge in [0, 0.05) is 5.56 Å². The highest BCUT2D eigenvalue weighted by Crippen LogP contribution is 2.39. The molecule has 1 heterocycles. The highest BCUT2D eigenvalue weighted by atomic mass is 32.2. The number of benzene rings is 2. The Kier molecular flexibility index (Phi) is 7.65. The molecule has 30 heavy (non-hydrogen) atoms. The number of esters is 1. The van der Waals surface area contributed by atoms with Gasteiger partial charge in [-0.2, -0.15) is 0 Å². The zero-order chi connectivity index (χ0) is 21.5. The van der Waals surface area contributed by atoms with Gasteiger partial charge >= 0.3 is 5.97 Å². The number of hydrogen-bond acceptors (Lipinski definition) is 6. The fourth-order valence-electron chi connectivity index (χ4n) is 3.04. The minimum Gasteiger partial charge on any atom is -0.493 e. The van der Waals surface area contributed by atoms with E-state index in [1.165, 1.54) is 16.7 Å². The van der Waals surface area contributed by atoms with E-state index in [4.69, 9.17) is 21.7 Å². The summed E-state index contributed by atoms with van der Waals surface area (Å²) in [6, 6.07) is 15.7. The summed E-state index contributed by atoms with van der Waals surface area (Å²) in [5, 5.41) is 0. The van der Waals surface area contributed by atoms with Crippen molar-refractivity contribution in [3.63, 3.8) is 0 Å². The van der Waals surface area contributed by atoms with Crippen molar-refractivity contribution in [2.24, 2.45) is 0 Å². The third-order valence-electron chi connectivity index (χ3n) is 4.37. The molecule has 1 atom stereocenters. The number of thiocarbonyl (C=S) groups is 1. The number of hydrogen-bond donors (Lipinski definition) is 0. The average molecular weight is 442 g/mol. The largest absolute Gasteiger partial charge is 0.493 e. The van der Waals surface area contributed by atoms with Gasteiger partial charge in [-0.15, -0.1) is 0 Å². The van der Waals surface area contributed by atoms with Crippen LogP contribution in [0.15, 0.2) is 59.5 Å². The van der Waals surface area contributed by atoms with Crippen molar-refractivity contribution in [2.75, 3.05) is 13.2 Å². The lowest BCUT2D eigenvalue weighted by Gasteiger charge is -2.25. The molecule has 1 aliphatic rings. The van der Waals surface area contributed by atoms with Gasteiger partial charge < -0.3 is 9.47 Å². The summed E-state index contributed by atoms with van der Waals surface area (Å²) >= 11 is 6.66. The molecular formula is C23H23NO4S2. The van der Waals surface area contributed by atoms with Crippen molar-refractivity contribution in [3.05, 3.63) is 70.6 Å². The smallest absolute Gasteiger partial charge is 0.333 e. The molecule has 0 aliphatic carbocycles. The summed E-state index contributed by atoms with van der Waals surface area (Å²) in [6.07, 6.45) is 2.45. The van der Waals surface area contributed by atoms with Crippen LogP contribution in [-0.4, -0.2) is 34.3 Å². The van der Waals surface area contributed by atoms with Crippen LogP contribution in [0.5, 0.6) is 5.75 Å². The molecule has 1 unspecified atom stereocenters. The van der Waals surface area contributed by atoms with Gasteiger partial charge in [-0.1, -0.05) is 79.4 Å². The maximum Gasteiger partial charge on any atom is 0.333 e. The van der Waals surface area contributed by atoms with Gasteiger partial charge in [-0.05, 0) is 31.1 Å². The van der Waals surface area contributed by atoms with Crippen LogP contribution in [0.2, 0.25) is 0 Å². The Balaban J connectivity index is 1.96. The van der Waals surface area contributed by atoms with Crippen molar-refractivity contribution < 1.29 is 19.1 Å². The van der Waals surface area contributed by atoms with E-state index in [0.29, 0.717) is 33.6 Å². The highest BCUT2D eigenvalue weighted by Gasteiger charge is 2.42. The first-order chi connectivity index (χ1) is 14.6. The zero-order valence-corrected chi connectivity index (χ0v) is 18.5. The van der Waals surface area contributed by atoms with Gasteiger partial charge in [0.05, 0.1) is 18.1 Å². The van der Waals surface area contributed by atoms with Gasteiger partial charge in [-0.3, -0.25) is 9.69 Å². The van der Waals surface area contributed by atoms with Crippen LogP contribution >= 0.6 is 24.0 Å². The summed E-state index contributed by atoms with van der Waals surface area (Å²) in [5.41, 5.74) is 1.44. The maximum absolute atomic E-state index is 13.3. The van der Waals surface area contributed by atoms with E-state index < -0.39 is 12.0 Å². The van der Waals surface area contributed by atoms with E-state index in [1.54, 1.807) is 18.2 Å². The molecule has 0 aromatic heterocycles. The first-order valence-electron chi connectivity index (χ1n) is 9.77. The lowest BCUT2D eigenvalue weighted by molar-refractivity contribution is -0.151. The van der Waals surface area contributed by atoms with Crippen LogP contribution in [-0.2, 0) is 14.3 Å². The van der Waals surface area contributed by atoms with Gasteiger partial charge in [0.25, 0.3) is 5.91 Å². The van der Waals surface area contributed by atoms with Crippen LogP contribution in [0.25, 0.3) is 6.08 Å². The Morgan fingerprint density at radius 3 is 2.53 bits per heavy atom. The van der Waals surface area contributed by atoms with Gasteiger partial charge in [0.1, 0.15) is 10.1 Å². The molecule has 2 aromatic rings. The van der Waals surface area contributed by atoms with E-state index in [1.807, 2.05) is 56.3 Å². The van der Waals surface area contributed by atoms with Gasteiger partial charge in [0.2, 0.25) is 0 Å². The van der Waals surface area contributed by atoms with Crippen molar-refractivity contribution >= 4 is 46.3 Å². The molecule has 3 rings (SSSR count). The maximum atomic E-state index is 13.3. The standard InChI is InChI=1S/C23H23NO4S2/c1-3-14-28-22(26)20(16-10-6-5-7-11-16)24-21(25)19(30-23(24)29)15-17-12-8-9-13-18(17)27-4-2/h5-13,15,20H,3-4,14H2,1-2H3/b19-15+. The van der Waals surface area contributed by atoms with Crippen LogP contribution in [0.3, 0.4) is 0 Å². The molecule has 0 saturated carbocycles. The lowest BCUT2D eigenvalue weighted by atomic mass is 10.1. The lowest BCUT2D eigenvalue weighted by Crippen LogP contribution is -2.38. The topological polar surface area (TPSA) is 55.8 Å². The van der Waals surface area contributed by atoms with E-state index >= 15 is 0 Å². The molecule has 1 saturated heterocycles. The summed E-state index contributed by atoms with van der Waals surface area (Å²) in [5.74, 6) is -0.124. The zero-order valence-electron chi connectivity index (χ0n) is 16.9. The Bertz CT molecular complexity index is 959. The number of rotatable bonds is 8. The minimum atomic E-state index is -0.918. The molecule has 0 bridgehead atoms. The van der Waals surface area contributed by atoms with Gasteiger partial charge in [0.15, 0.2) is 6.04 Å². The predicted molar refractivity (Wildman–Crippen MR) is 123 cm³/mol. The fraction of sp³-hybridized carbons (Fsp3) is 0.261. The average Bonchev–Trinajstić information content (AvgIpc) is 3.02. The molecular weight excluding hydrogens is 418 g/mol. The quantitative estimate of drug-likeness (QED) is 0.327. The number of para-hydroxylation sites is 1. The van der Waals surface area contributed by atoms with Crippen LogP contribution < -0.4 is 4.74 Å². The summed E-state index contributed by atoms with van der Waals surface area (Å²) in [6.45, 7) is 4.63. The monoisotopic (exact) mass is 441 g/mol. The fourth-order valence-corrected chi connectivity index (χ4v) is 4.34. The molecule has 156 valence electrons. The number of amides is 1. The SMILES string of the molecule is CCCOC(=O)C(c1ccccc1)N1C(=O)/C(=C\c2ccccc2OCC)SC1=S. The first kappa shape index (κ1) is 22.1. The third-order valence-corrected chi connectivity index (χ3v) is 5.70. The Labute approximate surface area is 186 Å². The van der Waals surface area contributed by atoms with Crippen LogP contribution in [0, 0.1) is 0 Å². The molecule has 2 aromatic carbocycles. The summed E-state index contributed by atoms with van der Waals surface area (Å²) < 4.78 is 11.4. The number of thioether (sulfide) groups is 1. The second-order valence-corrected chi connectivity index (χ2v) is 8.18. The number of ether oxygens (including phenoxy) is 2. The van der Waals surface area contributed by atoms with E-state index in [9.17, 15) is 9.59 Å². The molecule has 1 aliphatic heterocycles. The number of carbonyl (C=O) groups is 2. The highest BCUT2D eigenvalue weighted by molar-refractivity contribution is 8.26. The van der Waals surface area contributed by atoms with Crippen LogP contribution in [0.4, 0.5) is 0 Å². The molecule has 0 N–H and O–H groups in total.